The van der Waals surface area contributed by atoms with Gasteiger partial charge in [0.2, 0.25) is 5.91 Å². The van der Waals surface area contributed by atoms with Gasteiger partial charge in [-0.1, -0.05) is 6.07 Å². The van der Waals surface area contributed by atoms with E-state index in [0.29, 0.717) is 18.0 Å². The van der Waals surface area contributed by atoms with Crippen molar-refractivity contribution >= 4 is 12.0 Å². The van der Waals surface area contributed by atoms with Crippen molar-refractivity contribution in [2.24, 2.45) is 0 Å². The van der Waals surface area contributed by atoms with Crippen LogP contribution < -0.4 is 9.47 Å². The number of methoxy groups -OCH3 is 2. The summed E-state index contributed by atoms with van der Waals surface area (Å²) in [7, 11) is 4.94. The van der Waals surface area contributed by atoms with Gasteiger partial charge in [-0.3, -0.25) is 4.79 Å². The van der Waals surface area contributed by atoms with Crippen molar-refractivity contribution in [3.8, 4) is 11.5 Å². The number of hydrogen-bond acceptors (Lipinski definition) is 5. The molecule has 0 N–H and O–H groups in total. The fourth-order valence-corrected chi connectivity index (χ4v) is 2.87. The van der Waals surface area contributed by atoms with E-state index in [2.05, 4.69) is 14.8 Å². The Bertz CT molecular complexity index is 798. The molecule has 0 atom stereocenters. The molecule has 25 heavy (non-hydrogen) atoms. The van der Waals surface area contributed by atoms with Crippen molar-refractivity contribution in [3.63, 3.8) is 0 Å². The summed E-state index contributed by atoms with van der Waals surface area (Å²) in [4.78, 5) is 14.0. The second-order valence-electron chi connectivity index (χ2n) is 5.93. The molecule has 1 amide bonds. The third kappa shape index (κ3) is 3.65. The first-order valence-corrected chi connectivity index (χ1v) is 8.18. The van der Waals surface area contributed by atoms with Gasteiger partial charge in [0.05, 0.1) is 20.8 Å². The number of aryl methyl sites for hydroxylation is 1. The van der Waals surface area contributed by atoms with E-state index in [1.807, 2.05) is 18.2 Å². The largest absolute Gasteiger partial charge is 0.493 e. The van der Waals surface area contributed by atoms with E-state index in [1.165, 1.54) is 0 Å². The molecule has 1 aliphatic heterocycles. The molecule has 0 bridgehead atoms. The fraction of sp³-hybridized carbons (Fsp3) is 0.389. The van der Waals surface area contributed by atoms with Gasteiger partial charge in [0.25, 0.3) is 0 Å². The van der Waals surface area contributed by atoms with Gasteiger partial charge in [0.15, 0.2) is 17.3 Å². The van der Waals surface area contributed by atoms with Crippen LogP contribution in [0.3, 0.4) is 0 Å². The molecule has 0 aliphatic carbocycles. The van der Waals surface area contributed by atoms with Gasteiger partial charge in [0, 0.05) is 26.1 Å². The minimum atomic E-state index is -0.0925. The molecular formula is C18H22N4O3. The Balaban J connectivity index is 1.65. The molecule has 132 valence electrons. The Labute approximate surface area is 146 Å². The van der Waals surface area contributed by atoms with Crippen LogP contribution in [0.25, 0.3) is 6.08 Å². The lowest BCUT2D eigenvalue weighted by Gasteiger charge is -2.14. The predicted molar refractivity (Wildman–Crippen MR) is 93.4 cm³/mol. The topological polar surface area (TPSA) is 69.5 Å². The van der Waals surface area contributed by atoms with Gasteiger partial charge < -0.3 is 18.9 Å². The molecule has 1 aromatic carbocycles. The monoisotopic (exact) mass is 342 g/mol. The van der Waals surface area contributed by atoms with Gasteiger partial charge >= 0.3 is 0 Å². The van der Waals surface area contributed by atoms with Gasteiger partial charge in [-0.15, -0.1) is 10.2 Å². The maximum Gasteiger partial charge on any atom is 0.246 e. The van der Waals surface area contributed by atoms with Crippen LogP contribution in [0.5, 0.6) is 11.5 Å². The molecule has 2 heterocycles. The molecular weight excluding hydrogens is 320 g/mol. The summed E-state index contributed by atoms with van der Waals surface area (Å²) in [6.45, 7) is 1.38. The van der Waals surface area contributed by atoms with Gasteiger partial charge in [-0.05, 0) is 30.2 Å². The minimum Gasteiger partial charge on any atom is -0.493 e. The highest BCUT2D eigenvalue weighted by Gasteiger charge is 2.19. The number of carbonyl (C=O) groups excluding carboxylic acids is 1. The molecule has 0 unspecified atom stereocenters. The van der Waals surface area contributed by atoms with E-state index >= 15 is 0 Å². The lowest BCUT2D eigenvalue weighted by Crippen LogP contribution is -2.25. The summed E-state index contributed by atoms with van der Waals surface area (Å²) in [5, 5.41) is 8.35. The van der Waals surface area contributed by atoms with Crippen LogP contribution in [0.1, 0.15) is 23.6 Å². The number of carbonyl (C=O) groups is 1. The van der Waals surface area contributed by atoms with Crippen LogP contribution in [-0.4, -0.2) is 46.8 Å². The van der Waals surface area contributed by atoms with E-state index < -0.39 is 0 Å². The summed E-state index contributed by atoms with van der Waals surface area (Å²) >= 11 is 0. The second kappa shape index (κ2) is 7.38. The van der Waals surface area contributed by atoms with Gasteiger partial charge in [-0.25, -0.2) is 0 Å². The highest BCUT2D eigenvalue weighted by Crippen LogP contribution is 2.28. The Morgan fingerprint density at radius 3 is 2.84 bits per heavy atom. The Hall–Kier alpha value is -2.83. The van der Waals surface area contributed by atoms with Crippen LogP contribution in [0.15, 0.2) is 24.3 Å². The zero-order valence-corrected chi connectivity index (χ0v) is 14.7. The van der Waals surface area contributed by atoms with Crippen molar-refractivity contribution in [2.45, 2.75) is 25.9 Å². The summed E-state index contributed by atoms with van der Waals surface area (Å²) in [6, 6.07) is 5.51. The average molecular weight is 342 g/mol. The lowest BCUT2D eigenvalue weighted by atomic mass is 10.2. The van der Waals surface area contributed by atoms with Crippen LogP contribution in [0, 0.1) is 0 Å². The maximum absolute atomic E-state index is 12.3. The molecule has 0 spiro atoms. The third-order valence-corrected chi connectivity index (χ3v) is 4.27. The number of rotatable bonds is 6. The summed E-state index contributed by atoms with van der Waals surface area (Å²) < 4.78 is 12.6. The molecule has 2 aromatic rings. The van der Waals surface area contributed by atoms with E-state index in [0.717, 1.165) is 36.6 Å². The second-order valence-corrected chi connectivity index (χ2v) is 5.93. The van der Waals surface area contributed by atoms with E-state index in [4.69, 9.17) is 9.47 Å². The molecule has 0 radical (unpaired) electrons. The number of ether oxygens (including phenoxy) is 2. The smallest absolute Gasteiger partial charge is 0.246 e. The minimum absolute atomic E-state index is 0.0925. The highest BCUT2D eigenvalue weighted by molar-refractivity contribution is 5.91. The predicted octanol–water partition coefficient (Wildman–Crippen LogP) is 1.91. The molecule has 0 fully saturated rings. The highest BCUT2D eigenvalue weighted by atomic mass is 16.5. The number of nitrogens with zero attached hydrogens (tertiary/aromatic N) is 4. The SMILES string of the molecule is COc1ccc(C=CC(=O)N(C)Cc2nnc3n2CCC3)cc1OC. The molecule has 7 nitrogen and oxygen atoms in total. The molecule has 1 aromatic heterocycles. The zero-order chi connectivity index (χ0) is 17.8. The van der Waals surface area contributed by atoms with Crippen LogP contribution in [0.2, 0.25) is 0 Å². The lowest BCUT2D eigenvalue weighted by molar-refractivity contribution is -0.125. The number of hydrogen-bond donors (Lipinski definition) is 0. The Morgan fingerprint density at radius 2 is 2.08 bits per heavy atom. The van der Waals surface area contributed by atoms with Gasteiger partial charge in [-0.2, -0.15) is 0 Å². The molecule has 7 heteroatoms. The first kappa shape index (κ1) is 17.0. The van der Waals surface area contributed by atoms with Crippen molar-refractivity contribution in [3.05, 3.63) is 41.5 Å². The molecule has 0 saturated heterocycles. The number of amides is 1. The van der Waals surface area contributed by atoms with Crippen molar-refractivity contribution < 1.29 is 14.3 Å². The van der Waals surface area contributed by atoms with Crippen LogP contribution in [-0.2, 0) is 24.3 Å². The number of likely N-dealkylation sites (N-methyl/N-ethyl adjacent to an activating group) is 1. The van der Waals surface area contributed by atoms with E-state index in [-0.39, 0.29) is 5.91 Å². The zero-order valence-electron chi connectivity index (χ0n) is 14.7. The molecule has 0 saturated carbocycles. The van der Waals surface area contributed by atoms with Gasteiger partial charge in [0.1, 0.15) is 5.82 Å². The Kier molecular flexibility index (Phi) is 5.02. The Morgan fingerprint density at radius 1 is 1.28 bits per heavy atom. The summed E-state index contributed by atoms with van der Waals surface area (Å²) in [5.41, 5.74) is 0.864. The standard InChI is InChI=1S/C18H22N4O3/c1-21(12-17-20-19-16-5-4-10-22(16)17)18(23)9-7-13-6-8-14(24-2)15(11-13)25-3/h6-9,11H,4-5,10,12H2,1-3H3. The van der Waals surface area contributed by atoms with Crippen LogP contribution >= 0.6 is 0 Å². The average Bonchev–Trinajstić information content (AvgIpc) is 3.24. The molecule has 3 rings (SSSR count). The summed E-state index contributed by atoms with van der Waals surface area (Å²) in [5.74, 6) is 3.04. The van der Waals surface area contributed by atoms with E-state index in [1.54, 1.807) is 38.3 Å². The van der Waals surface area contributed by atoms with Crippen molar-refractivity contribution in [1.82, 2.24) is 19.7 Å². The third-order valence-electron chi connectivity index (χ3n) is 4.27. The van der Waals surface area contributed by atoms with Crippen LogP contribution in [0.4, 0.5) is 0 Å². The number of aromatic nitrogens is 3. The maximum atomic E-state index is 12.3. The first-order chi connectivity index (χ1) is 12.1. The molecule has 1 aliphatic rings. The quantitative estimate of drug-likeness (QED) is 0.750. The van der Waals surface area contributed by atoms with Crippen molar-refractivity contribution in [2.75, 3.05) is 21.3 Å². The number of fused-ring (bicyclic) bond motifs is 1. The normalized spacial score (nSPS) is 13.1. The first-order valence-electron chi connectivity index (χ1n) is 8.18. The van der Waals surface area contributed by atoms with Crippen molar-refractivity contribution in [1.29, 1.82) is 0 Å². The van der Waals surface area contributed by atoms with E-state index in [9.17, 15) is 4.79 Å². The summed E-state index contributed by atoms with van der Waals surface area (Å²) in [6.07, 6.45) is 5.36. The number of benzene rings is 1. The fourth-order valence-electron chi connectivity index (χ4n) is 2.87.